The van der Waals surface area contributed by atoms with E-state index >= 15 is 0 Å². The minimum atomic E-state index is -0.185. The van der Waals surface area contributed by atoms with E-state index in [1.807, 2.05) is 18.2 Å². The molecule has 0 saturated carbocycles. The van der Waals surface area contributed by atoms with Crippen LogP contribution in [-0.4, -0.2) is 15.9 Å². The van der Waals surface area contributed by atoms with Gasteiger partial charge in [0, 0.05) is 31.6 Å². The second-order valence-electron chi connectivity index (χ2n) is 8.97. The molecule has 5 aromatic rings. The van der Waals surface area contributed by atoms with E-state index in [1.54, 1.807) is 0 Å². The van der Waals surface area contributed by atoms with Crippen LogP contribution in [0.1, 0.15) is 38.8 Å². The first-order chi connectivity index (χ1) is 15.8. The smallest absolute Gasteiger partial charge is 0.155 e. The summed E-state index contributed by atoms with van der Waals surface area (Å²) in [5, 5.41) is 11.9. The molecule has 5 heteroatoms. The van der Waals surface area contributed by atoms with Crippen LogP contribution >= 0.6 is 0 Å². The van der Waals surface area contributed by atoms with Crippen LogP contribution in [0.3, 0.4) is 0 Å². The zero-order valence-electron chi connectivity index (χ0n) is 19.4. The molecule has 0 saturated heterocycles. The zero-order chi connectivity index (χ0) is 23.3. The summed E-state index contributed by atoms with van der Waals surface area (Å²) >= 11 is 0. The molecule has 0 bridgehead atoms. The van der Waals surface area contributed by atoms with Crippen LogP contribution in [0.4, 0.5) is 0 Å². The van der Waals surface area contributed by atoms with Gasteiger partial charge in [0.15, 0.2) is 5.78 Å². The monoisotopic (exact) mass is 627 g/mol. The van der Waals surface area contributed by atoms with Gasteiger partial charge in [0.05, 0.1) is 16.9 Å². The van der Waals surface area contributed by atoms with E-state index in [-0.39, 0.29) is 37.1 Å². The Balaban J connectivity index is 0.000000303. The molecule has 34 heavy (non-hydrogen) atoms. The number of para-hydroxylation sites is 1. The van der Waals surface area contributed by atoms with Gasteiger partial charge >= 0.3 is 0 Å². The van der Waals surface area contributed by atoms with Gasteiger partial charge in [-0.05, 0) is 48.0 Å². The first kappa shape index (κ1) is 23.9. The quantitative estimate of drug-likeness (QED) is 0.121. The maximum Gasteiger partial charge on any atom is 0.155 e. The van der Waals surface area contributed by atoms with Crippen LogP contribution in [0.25, 0.3) is 44.1 Å². The van der Waals surface area contributed by atoms with Gasteiger partial charge in [0.2, 0.25) is 0 Å². The first-order valence-electron chi connectivity index (χ1n) is 10.9. The van der Waals surface area contributed by atoms with Crippen molar-refractivity contribution in [3.63, 3.8) is 0 Å². The molecule has 6 rings (SSSR count). The fourth-order valence-corrected chi connectivity index (χ4v) is 4.73. The van der Waals surface area contributed by atoms with E-state index in [1.165, 1.54) is 41.8 Å². The van der Waals surface area contributed by atoms with E-state index in [0.29, 0.717) is 0 Å². The average Bonchev–Trinajstić information content (AvgIpc) is 3.13. The Labute approximate surface area is 211 Å². The summed E-state index contributed by atoms with van der Waals surface area (Å²) in [7, 11) is 0. The molecule has 4 nitrogen and oxygen atoms in total. The molecule has 0 spiro atoms. The van der Waals surface area contributed by atoms with Crippen LogP contribution < -0.4 is 0 Å². The van der Waals surface area contributed by atoms with Gasteiger partial charge in [-0.1, -0.05) is 67.3 Å². The molecule has 1 aliphatic rings. The predicted molar refractivity (Wildman–Crippen MR) is 132 cm³/mol. The number of rotatable bonds is 1. The topological polar surface area (TPSA) is 63.3 Å². The van der Waals surface area contributed by atoms with E-state index < -0.39 is 0 Å². The molecule has 1 N–H and O–H groups in total. The van der Waals surface area contributed by atoms with E-state index in [2.05, 4.69) is 62.4 Å². The normalized spacial score (nSPS) is 13.7. The Bertz CT molecular complexity index is 1590. The maximum absolute atomic E-state index is 10.0. The fourth-order valence-electron chi connectivity index (χ4n) is 4.73. The van der Waals surface area contributed by atoms with Crippen LogP contribution in [0, 0.1) is 6.07 Å². The molecule has 173 valence electrons. The number of aliphatic hydroxyl groups is 1. The molecule has 0 atom stereocenters. The minimum absolute atomic E-state index is 0. The first-order valence-corrected chi connectivity index (χ1v) is 10.9. The number of aromatic nitrogens is 1. The van der Waals surface area contributed by atoms with Crippen LogP contribution in [0.15, 0.2) is 76.9 Å². The molecule has 0 fully saturated rings. The van der Waals surface area contributed by atoms with Gasteiger partial charge in [-0.25, -0.2) is 0 Å². The van der Waals surface area contributed by atoms with Gasteiger partial charge < -0.3 is 9.52 Å². The van der Waals surface area contributed by atoms with Crippen molar-refractivity contribution in [2.45, 2.75) is 33.1 Å². The number of furan rings is 1. The second kappa shape index (κ2) is 8.83. The fraction of sp³-hybridized carbons (Fsp3) is 0.172. The molecule has 2 aromatic heterocycles. The van der Waals surface area contributed by atoms with Crippen molar-refractivity contribution in [1.82, 2.24) is 4.98 Å². The number of hydrogen-bond acceptors (Lipinski definition) is 4. The Morgan fingerprint density at radius 1 is 1.00 bits per heavy atom. The molecule has 1 radical (unpaired) electrons. The Hall–Kier alpha value is -3.27. The van der Waals surface area contributed by atoms with Crippen LogP contribution in [0.5, 0.6) is 0 Å². The Morgan fingerprint density at radius 2 is 1.74 bits per heavy atom. The van der Waals surface area contributed by atoms with E-state index in [4.69, 9.17) is 14.5 Å². The van der Waals surface area contributed by atoms with Gasteiger partial charge in [-0.2, -0.15) is 0 Å². The number of carbonyl (C=O) groups excluding carboxylic acids is 1. The Morgan fingerprint density at radius 3 is 2.44 bits per heavy atom. The van der Waals surface area contributed by atoms with Crippen molar-refractivity contribution in [3.8, 4) is 11.3 Å². The standard InChI is InChI=1S/C24H16NO.C5H8O2.Ir/c1-24(2)16-9-6-12-20-22(16)21-15(8-5-11-19(21)26-20)23-17(24)13-14-7-3-4-10-18(14)25-23;1-4(6)3-5(2)7;/h3-7,9-13H,1-2H3;3,6H,1-2H3;/q-1;;/b;4-3-;. The van der Waals surface area contributed by atoms with Crippen molar-refractivity contribution in [2.75, 3.05) is 0 Å². The molecular weight excluding hydrogens is 603 g/mol. The van der Waals surface area contributed by atoms with E-state index in [9.17, 15) is 4.79 Å². The molecule has 1 aliphatic carbocycles. The van der Waals surface area contributed by atoms with Crippen molar-refractivity contribution in [2.24, 2.45) is 0 Å². The third-order valence-corrected chi connectivity index (χ3v) is 6.17. The number of nitrogens with zero attached hydrogens (tertiary/aromatic N) is 1. The molecular formula is C29H24IrNO3-. The number of ketones is 1. The van der Waals surface area contributed by atoms with Gasteiger partial charge in [0.25, 0.3) is 0 Å². The Kier molecular flexibility index (Phi) is 6.20. The third kappa shape index (κ3) is 3.85. The summed E-state index contributed by atoms with van der Waals surface area (Å²) in [5.74, 6) is -0.0625. The van der Waals surface area contributed by atoms with Crippen molar-refractivity contribution >= 4 is 38.6 Å². The minimum Gasteiger partial charge on any atom is -0.512 e. The number of pyridine rings is 1. The summed E-state index contributed by atoms with van der Waals surface area (Å²) in [6, 6.07) is 24.4. The maximum atomic E-state index is 10.0. The molecule has 3 aromatic carbocycles. The molecule has 0 aliphatic heterocycles. The van der Waals surface area contributed by atoms with Crippen molar-refractivity contribution < 1.29 is 34.4 Å². The third-order valence-electron chi connectivity index (χ3n) is 6.17. The van der Waals surface area contributed by atoms with Crippen LogP contribution in [0.2, 0.25) is 0 Å². The number of benzene rings is 3. The second-order valence-corrected chi connectivity index (χ2v) is 8.97. The largest absolute Gasteiger partial charge is 0.512 e. The summed E-state index contributed by atoms with van der Waals surface area (Å²) in [5.41, 5.74) is 7.24. The summed E-state index contributed by atoms with van der Waals surface area (Å²) < 4.78 is 6.16. The van der Waals surface area contributed by atoms with Gasteiger partial charge in [-0.15, -0.1) is 17.7 Å². The predicted octanol–water partition coefficient (Wildman–Crippen LogP) is 7.28. The summed E-state index contributed by atoms with van der Waals surface area (Å²) in [6.07, 6.45) is 1.17. The number of hydrogen-bond donors (Lipinski definition) is 1. The average molecular weight is 627 g/mol. The number of aliphatic hydroxyl groups excluding tert-OH is 1. The summed E-state index contributed by atoms with van der Waals surface area (Å²) in [4.78, 5) is 15.1. The summed E-state index contributed by atoms with van der Waals surface area (Å²) in [6.45, 7) is 7.41. The number of carbonyl (C=O) groups is 1. The van der Waals surface area contributed by atoms with Gasteiger partial charge in [-0.3, -0.25) is 9.78 Å². The molecule has 2 heterocycles. The SMILES string of the molecule is CC(=O)/C=C(/C)O.CC1(C)c2cc3ccccc3nc2-c2[c-]ccc3oc4cccc1c4c23.[Ir]. The number of allylic oxidation sites excluding steroid dienone is 2. The number of fused-ring (bicyclic) bond motifs is 3. The van der Waals surface area contributed by atoms with E-state index in [0.717, 1.165) is 33.3 Å². The molecule has 0 amide bonds. The zero-order valence-corrected chi connectivity index (χ0v) is 21.8. The van der Waals surface area contributed by atoms with Crippen LogP contribution in [-0.2, 0) is 30.3 Å². The molecule has 0 unspecified atom stereocenters. The van der Waals surface area contributed by atoms with Gasteiger partial charge in [0.1, 0.15) is 5.58 Å². The van der Waals surface area contributed by atoms with Crippen molar-refractivity contribution in [1.29, 1.82) is 0 Å². The van der Waals surface area contributed by atoms with Crippen molar-refractivity contribution in [3.05, 3.63) is 89.7 Å².